The van der Waals surface area contributed by atoms with Gasteiger partial charge in [-0.25, -0.2) is 0 Å². The van der Waals surface area contributed by atoms with Crippen LogP contribution in [-0.4, -0.2) is 0 Å². The SMILES string of the molecule is [CH]1CCC(C2CC2)C1. The molecule has 0 bridgehead atoms. The summed E-state index contributed by atoms with van der Waals surface area (Å²) in [4.78, 5) is 0. The highest BCUT2D eigenvalue weighted by molar-refractivity contribution is 4.90. The van der Waals surface area contributed by atoms with Crippen LogP contribution in [0.15, 0.2) is 0 Å². The van der Waals surface area contributed by atoms with Gasteiger partial charge in [0.1, 0.15) is 0 Å². The number of rotatable bonds is 1. The molecule has 0 saturated heterocycles. The fourth-order valence-electron chi connectivity index (χ4n) is 1.78. The topological polar surface area (TPSA) is 0 Å². The van der Waals surface area contributed by atoms with Crippen LogP contribution < -0.4 is 0 Å². The van der Waals surface area contributed by atoms with Gasteiger partial charge in [-0.15, -0.1) is 0 Å². The molecule has 2 rings (SSSR count). The first-order chi connectivity index (χ1) is 3.97. The van der Waals surface area contributed by atoms with Crippen molar-refractivity contribution in [3.8, 4) is 0 Å². The molecule has 0 aliphatic heterocycles. The predicted molar refractivity (Wildman–Crippen MR) is 34.4 cm³/mol. The summed E-state index contributed by atoms with van der Waals surface area (Å²) >= 11 is 0. The highest BCUT2D eigenvalue weighted by Crippen LogP contribution is 2.44. The lowest BCUT2D eigenvalue weighted by molar-refractivity contribution is 0.486. The average molecular weight is 109 g/mol. The summed E-state index contributed by atoms with van der Waals surface area (Å²) in [6.45, 7) is 0. The maximum Gasteiger partial charge on any atom is -0.0383 e. The van der Waals surface area contributed by atoms with Crippen LogP contribution in [0.3, 0.4) is 0 Å². The van der Waals surface area contributed by atoms with Crippen molar-refractivity contribution in [2.24, 2.45) is 11.8 Å². The maximum atomic E-state index is 2.46. The molecule has 2 saturated carbocycles. The highest BCUT2D eigenvalue weighted by Gasteiger charge is 2.32. The molecule has 0 amide bonds. The van der Waals surface area contributed by atoms with Crippen LogP contribution in [0, 0.1) is 18.3 Å². The van der Waals surface area contributed by atoms with Crippen LogP contribution in [0.5, 0.6) is 0 Å². The molecule has 1 radical (unpaired) electrons. The van der Waals surface area contributed by atoms with Gasteiger partial charge in [-0.05, 0) is 50.4 Å². The molecule has 0 spiro atoms. The fraction of sp³-hybridized carbons (Fsp3) is 0.875. The molecule has 8 heavy (non-hydrogen) atoms. The van der Waals surface area contributed by atoms with E-state index in [1.807, 2.05) is 0 Å². The van der Waals surface area contributed by atoms with Crippen LogP contribution in [-0.2, 0) is 0 Å². The molecule has 0 heterocycles. The Morgan fingerprint density at radius 2 is 1.88 bits per heavy atom. The summed E-state index contributed by atoms with van der Waals surface area (Å²) in [6, 6.07) is 0. The lowest BCUT2D eigenvalue weighted by Gasteiger charge is -2.02. The van der Waals surface area contributed by atoms with Gasteiger partial charge in [0.05, 0.1) is 0 Å². The van der Waals surface area contributed by atoms with Gasteiger partial charge < -0.3 is 0 Å². The molecule has 0 aromatic carbocycles. The second-order valence-electron chi connectivity index (χ2n) is 3.20. The van der Waals surface area contributed by atoms with Crippen LogP contribution in [0.2, 0.25) is 0 Å². The van der Waals surface area contributed by atoms with E-state index in [0.29, 0.717) is 0 Å². The van der Waals surface area contributed by atoms with Crippen LogP contribution in [0.1, 0.15) is 32.1 Å². The Labute approximate surface area is 51.3 Å². The van der Waals surface area contributed by atoms with Crippen molar-refractivity contribution in [3.05, 3.63) is 6.42 Å². The molecule has 0 heteroatoms. The van der Waals surface area contributed by atoms with Gasteiger partial charge in [0.15, 0.2) is 0 Å². The van der Waals surface area contributed by atoms with E-state index >= 15 is 0 Å². The van der Waals surface area contributed by atoms with E-state index in [0.717, 1.165) is 11.8 Å². The van der Waals surface area contributed by atoms with Gasteiger partial charge in [0, 0.05) is 0 Å². The standard InChI is InChI=1S/C8H13/c1-2-4-7(3-1)8-5-6-8/h1,7-8H,2-6H2. The van der Waals surface area contributed by atoms with Crippen LogP contribution in [0.25, 0.3) is 0 Å². The summed E-state index contributed by atoms with van der Waals surface area (Å²) in [5.74, 6) is 2.28. The van der Waals surface area contributed by atoms with Gasteiger partial charge in [0.25, 0.3) is 0 Å². The van der Waals surface area contributed by atoms with Crippen molar-refractivity contribution in [3.63, 3.8) is 0 Å². The molecule has 0 N–H and O–H groups in total. The van der Waals surface area contributed by atoms with Gasteiger partial charge in [-0.1, -0.05) is 0 Å². The largest absolute Gasteiger partial charge is 0.0499 e. The Hall–Kier alpha value is 0. The van der Waals surface area contributed by atoms with E-state index in [9.17, 15) is 0 Å². The number of hydrogen-bond donors (Lipinski definition) is 0. The average Bonchev–Trinajstić information content (AvgIpc) is 2.49. The van der Waals surface area contributed by atoms with E-state index in [-0.39, 0.29) is 0 Å². The van der Waals surface area contributed by atoms with Crippen molar-refractivity contribution >= 4 is 0 Å². The first-order valence-electron chi connectivity index (χ1n) is 3.78. The quantitative estimate of drug-likeness (QED) is 0.485. The smallest absolute Gasteiger partial charge is 0.0383 e. The van der Waals surface area contributed by atoms with E-state index in [2.05, 4.69) is 6.42 Å². The summed E-state index contributed by atoms with van der Waals surface area (Å²) in [5.41, 5.74) is 0. The van der Waals surface area contributed by atoms with E-state index in [1.54, 1.807) is 12.8 Å². The highest BCUT2D eigenvalue weighted by atomic mass is 14.4. The zero-order valence-electron chi connectivity index (χ0n) is 5.27. The summed E-state index contributed by atoms with van der Waals surface area (Å²) < 4.78 is 0. The second-order valence-corrected chi connectivity index (χ2v) is 3.20. The second kappa shape index (κ2) is 1.75. The molecule has 0 aromatic rings. The Bertz CT molecular complexity index is 76.0. The molecular formula is C8H13. The molecular weight excluding hydrogens is 96.1 g/mol. The first-order valence-corrected chi connectivity index (χ1v) is 3.78. The molecule has 1 unspecified atom stereocenters. The third kappa shape index (κ3) is 0.765. The minimum Gasteiger partial charge on any atom is -0.0499 e. The van der Waals surface area contributed by atoms with Crippen molar-refractivity contribution < 1.29 is 0 Å². The minimum atomic E-state index is 1.12. The normalized spacial score (nSPS) is 31.5. The monoisotopic (exact) mass is 109 g/mol. The molecule has 2 aliphatic rings. The van der Waals surface area contributed by atoms with Crippen LogP contribution in [0.4, 0.5) is 0 Å². The van der Waals surface area contributed by atoms with Crippen molar-refractivity contribution in [2.75, 3.05) is 0 Å². The van der Waals surface area contributed by atoms with E-state index in [1.165, 1.54) is 19.3 Å². The molecule has 45 valence electrons. The zero-order chi connectivity index (χ0) is 5.40. The Balaban J connectivity index is 1.86. The van der Waals surface area contributed by atoms with Gasteiger partial charge >= 0.3 is 0 Å². The fourth-order valence-corrected chi connectivity index (χ4v) is 1.78. The van der Waals surface area contributed by atoms with Gasteiger partial charge in [0.2, 0.25) is 0 Å². The predicted octanol–water partition coefficient (Wildman–Crippen LogP) is 2.40. The summed E-state index contributed by atoms with van der Waals surface area (Å²) in [7, 11) is 0. The maximum absolute atomic E-state index is 2.46. The molecule has 0 aromatic heterocycles. The van der Waals surface area contributed by atoms with Gasteiger partial charge in [-0.3, -0.25) is 0 Å². The van der Waals surface area contributed by atoms with Crippen molar-refractivity contribution in [1.29, 1.82) is 0 Å². The van der Waals surface area contributed by atoms with Gasteiger partial charge in [-0.2, -0.15) is 0 Å². The molecule has 2 aliphatic carbocycles. The lowest BCUT2D eigenvalue weighted by atomic mass is 10.0. The first kappa shape index (κ1) is 4.84. The third-order valence-corrected chi connectivity index (χ3v) is 2.50. The van der Waals surface area contributed by atoms with E-state index in [4.69, 9.17) is 0 Å². The molecule has 1 atom stereocenters. The third-order valence-electron chi connectivity index (χ3n) is 2.50. The lowest BCUT2D eigenvalue weighted by Crippen LogP contribution is -1.93. The van der Waals surface area contributed by atoms with Crippen LogP contribution >= 0.6 is 0 Å². The Morgan fingerprint density at radius 3 is 2.38 bits per heavy atom. The molecule has 2 fully saturated rings. The summed E-state index contributed by atoms with van der Waals surface area (Å²) in [6.07, 6.45) is 9.89. The number of hydrogen-bond acceptors (Lipinski definition) is 0. The zero-order valence-corrected chi connectivity index (χ0v) is 5.27. The minimum absolute atomic E-state index is 1.12. The van der Waals surface area contributed by atoms with E-state index < -0.39 is 0 Å². The molecule has 0 nitrogen and oxygen atoms in total. The van der Waals surface area contributed by atoms with Crippen molar-refractivity contribution in [2.45, 2.75) is 32.1 Å². The summed E-state index contributed by atoms with van der Waals surface area (Å²) in [5, 5.41) is 0. The van der Waals surface area contributed by atoms with Crippen molar-refractivity contribution in [1.82, 2.24) is 0 Å². The Morgan fingerprint density at radius 1 is 1.00 bits per heavy atom. The Kier molecular flexibility index (Phi) is 1.06.